The van der Waals surface area contributed by atoms with E-state index in [0.29, 0.717) is 6.42 Å². The molecule has 0 saturated carbocycles. The van der Waals surface area contributed by atoms with Crippen molar-refractivity contribution in [3.8, 4) is 0 Å². The maximum absolute atomic E-state index is 12.7. The molecule has 1 aliphatic rings. The zero-order valence-electron chi connectivity index (χ0n) is 13.6. The lowest BCUT2D eigenvalue weighted by Gasteiger charge is -2.25. The van der Waals surface area contributed by atoms with Gasteiger partial charge in [-0.05, 0) is 33.6 Å². The van der Waals surface area contributed by atoms with Crippen LogP contribution in [0.15, 0.2) is 5.38 Å². The van der Waals surface area contributed by atoms with Gasteiger partial charge in [0.1, 0.15) is 0 Å². The fraction of sp³-hybridized carbons (Fsp3) is 0.562. The number of hydrogen-bond donors (Lipinski definition) is 0. The molecule has 0 radical (unpaired) electrons. The van der Waals surface area contributed by atoms with Crippen LogP contribution in [-0.4, -0.2) is 32.1 Å². The van der Waals surface area contributed by atoms with Gasteiger partial charge in [0.15, 0.2) is 0 Å². The molecule has 0 aromatic carbocycles. The van der Waals surface area contributed by atoms with E-state index in [4.69, 9.17) is 0 Å². The van der Waals surface area contributed by atoms with E-state index >= 15 is 0 Å². The zero-order valence-corrected chi connectivity index (χ0v) is 14.4. The zero-order chi connectivity index (χ0) is 15.9. The van der Waals surface area contributed by atoms with Gasteiger partial charge in [-0.3, -0.25) is 9.48 Å². The van der Waals surface area contributed by atoms with Crippen molar-refractivity contribution >= 4 is 17.2 Å². The molecule has 0 N–H and O–H groups in total. The quantitative estimate of drug-likeness (QED) is 0.874. The van der Waals surface area contributed by atoms with Crippen molar-refractivity contribution in [2.45, 2.75) is 46.1 Å². The minimum atomic E-state index is 0.168. The van der Waals surface area contributed by atoms with Crippen molar-refractivity contribution in [1.82, 2.24) is 19.7 Å². The second-order valence-electron chi connectivity index (χ2n) is 5.99. The van der Waals surface area contributed by atoms with Gasteiger partial charge < -0.3 is 4.90 Å². The van der Waals surface area contributed by atoms with E-state index in [1.54, 1.807) is 11.3 Å². The first-order valence-corrected chi connectivity index (χ1v) is 8.56. The number of carbonyl (C=O) groups is 1. The molecular formula is C16H22N4OS. The van der Waals surface area contributed by atoms with Gasteiger partial charge in [0, 0.05) is 30.2 Å². The van der Waals surface area contributed by atoms with Crippen LogP contribution in [0.3, 0.4) is 0 Å². The van der Waals surface area contributed by atoms with Crippen LogP contribution in [-0.2, 0) is 18.3 Å². The second-order valence-corrected chi connectivity index (χ2v) is 7.05. The molecule has 1 amide bonds. The van der Waals surface area contributed by atoms with Crippen LogP contribution in [0.2, 0.25) is 0 Å². The summed E-state index contributed by atoms with van der Waals surface area (Å²) in [4.78, 5) is 19.1. The fourth-order valence-electron chi connectivity index (χ4n) is 3.38. The third-order valence-electron chi connectivity index (χ3n) is 4.47. The standard InChI is InChI=1S/C16H22N4OS/c1-10-16(11(2)19(4)18-10)14-6-5-7-20(14)15(21)8-13-9-22-12(3)17-13/h9,14H,5-8H2,1-4H3/t14-/m1/s1. The molecule has 1 aliphatic heterocycles. The molecule has 1 atom stereocenters. The highest BCUT2D eigenvalue weighted by atomic mass is 32.1. The van der Waals surface area contributed by atoms with Gasteiger partial charge in [0.25, 0.3) is 0 Å². The molecular weight excluding hydrogens is 296 g/mol. The maximum Gasteiger partial charge on any atom is 0.229 e. The first-order chi connectivity index (χ1) is 10.5. The van der Waals surface area contributed by atoms with E-state index in [9.17, 15) is 4.79 Å². The lowest BCUT2D eigenvalue weighted by atomic mass is 10.0. The van der Waals surface area contributed by atoms with Crippen molar-refractivity contribution in [3.63, 3.8) is 0 Å². The summed E-state index contributed by atoms with van der Waals surface area (Å²) in [5.41, 5.74) is 4.31. The summed E-state index contributed by atoms with van der Waals surface area (Å²) in [7, 11) is 1.96. The minimum absolute atomic E-state index is 0.168. The highest BCUT2D eigenvalue weighted by Gasteiger charge is 2.33. The van der Waals surface area contributed by atoms with Gasteiger partial charge in [-0.1, -0.05) is 0 Å². The van der Waals surface area contributed by atoms with Crippen molar-refractivity contribution < 1.29 is 4.79 Å². The van der Waals surface area contributed by atoms with Crippen molar-refractivity contribution in [3.05, 3.63) is 33.0 Å². The van der Waals surface area contributed by atoms with E-state index in [0.717, 1.165) is 41.5 Å². The van der Waals surface area contributed by atoms with Gasteiger partial charge >= 0.3 is 0 Å². The number of aryl methyl sites for hydroxylation is 3. The Morgan fingerprint density at radius 2 is 2.18 bits per heavy atom. The first-order valence-electron chi connectivity index (χ1n) is 7.68. The third kappa shape index (κ3) is 2.67. The van der Waals surface area contributed by atoms with Crippen molar-refractivity contribution in [2.75, 3.05) is 6.54 Å². The van der Waals surface area contributed by atoms with Crippen LogP contribution < -0.4 is 0 Å². The number of hydrogen-bond acceptors (Lipinski definition) is 4. The highest BCUT2D eigenvalue weighted by Crippen LogP contribution is 2.35. The Labute approximate surface area is 135 Å². The molecule has 5 nitrogen and oxygen atoms in total. The molecule has 1 fully saturated rings. The van der Waals surface area contributed by atoms with Crippen LogP contribution in [0, 0.1) is 20.8 Å². The van der Waals surface area contributed by atoms with E-state index in [1.807, 2.05) is 35.9 Å². The number of aromatic nitrogens is 3. The van der Waals surface area contributed by atoms with Crippen LogP contribution in [0.25, 0.3) is 0 Å². The van der Waals surface area contributed by atoms with Gasteiger partial charge in [-0.25, -0.2) is 4.98 Å². The normalized spacial score (nSPS) is 18.2. The molecule has 0 spiro atoms. The average molecular weight is 318 g/mol. The van der Waals surface area contributed by atoms with Crippen molar-refractivity contribution in [2.24, 2.45) is 7.05 Å². The molecule has 0 unspecified atom stereocenters. The summed E-state index contributed by atoms with van der Waals surface area (Å²) in [6.45, 7) is 6.92. The molecule has 118 valence electrons. The molecule has 3 rings (SSSR count). The smallest absolute Gasteiger partial charge is 0.229 e. The molecule has 6 heteroatoms. The average Bonchev–Trinajstić information content (AvgIpc) is 3.12. The van der Waals surface area contributed by atoms with Crippen LogP contribution in [0.5, 0.6) is 0 Å². The van der Waals surface area contributed by atoms with Crippen LogP contribution in [0.1, 0.15) is 46.5 Å². The van der Waals surface area contributed by atoms with Gasteiger partial charge in [-0.2, -0.15) is 5.10 Å². The van der Waals surface area contributed by atoms with E-state index in [2.05, 4.69) is 17.0 Å². The number of carbonyl (C=O) groups excluding carboxylic acids is 1. The Morgan fingerprint density at radius 3 is 2.77 bits per heavy atom. The second kappa shape index (κ2) is 5.83. The molecule has 2 aromatic heterocycles. The van der Waals surface area contributed by atoms with Crippen LogP contribution >= 0.6 is 11.3 Å². The number of likely N-dealkylation sites (tertiary alicyclic amines) is 1. The Bertz CT molecular complexity index is 703. The summed E-state index contributed by atoms with van der Waals surface area (Å²) < 4.78 is 1.91. The fourth-order valence-corrected chi connectivity index (χ4v) is 4.00. The molecule has 1 saturated heterocycles. The lowest BCUT2D eigenvalue weighted by molar-refractivity contribution is -0.131. The van der Waals surface area contributed by atoms with Gasteiger partial charge in [-0.15, -0.1) is 11.3 Å². The minimum Gasteiger partial charge on any atom is -0.335 e. The monoisotopic (exact) mass is 318 g/mol. The van der Waals surface area contributed by atoms with E-state index < -0.39 is 0 Å². The van der Waals surface area contributed by atoms with Crippen LogP contribution in [0.4, 0.5) is 0 Å². The number of rotatable bonds is 3. The molecule has 0 aliphatic carbocycles. The summed E-state index contributed by atoms with van der Waals surface area (Å²) in [6.07, 6.45) is 2.48. The molecule has 0 bridgehead atoms. The number of thiazole rings is 1. The predicted molar refractivity (Wildman–Crippen MR) is 86.9 cm³/mol. The van der Waals surface area contributed by atoms with E-state index in [1.165, 1.54) is 5.56 Å². The predicted octanol–water partition coefficient (Wildman–Crippen LogP) is 2.71. The summed E-state index contributed by atoms with van der Waals surface area (Å²) in [5.74, 6) is 0.176. The summed E-state index contributed by atoms with van der Waals surface area (Å²) in [5, 5.41) is 7.50. The van der Waals surface area contributed by atoms with E-state index in [-0.39, 0.29) is 11.9 Å². The highest BCUT2D eigenvalue weighted by molar-refractivity contribution is 7.09. The Kier molecular flexibility index (Phi) is 4.04. The lowest BCUT2D eigenvalue weighted by Crippen LogP contribution is -2.32. The number of amides is 1. The van der Waals surface area contributed by atoms with Crippen molar-refractivity contribution in [1.29, 1.82) is 0 Å². The topological polar surface area (TPSA) is 51.0 Å². The first kappa shape index (κ1) is 15.2. The Balaban J connectivity index is 1.82. The van der Waals surface area contributed by atoms with Gasteiger partial charge in [0.2, 0.25) is 5.91 Å². The summed E-state index contributed by atoms with van der Waals surface area (Å²) in [6, 6.07) is 0.168. The third-order valence-corrected chi connectivity index (χ3v) is 5.29. The Morgan fingerprint density at radius 1 is 1.41 bits per heavy atom. The molecule has 2 aromatic rings. The maximum atomic E-state index is 12.7. The SMILES string of the molecule is Cc1nc(CC(=O)N2CCC[C@@H]2c2c(C)nn(C)c2C)cs1. The van der Waals surface area contributed by atoms with Gasteiger partial charge in [0.05, 0.1) is 28.9 Å². The summed E-state index contributed by atoms with van der Waals surface area (Å²) >= 11 is 1.60. The molecule has 3 heterocycles. The molecule has 22 heavy (non-hydrogen) atoms. The Hall–Kier alpha value is -1.69. The largest absolute Gasteiger partial charge is 0.335 e. The number of nitrogens with zero attached hydrogens (tertiary/aromatic N) is 4.